The van der Waals surface area contributed by atoms with Gasteiger partial charge in [-0.1, -0.05) is 6.07 Å². The van der Waals surface area contributed by atoms with Gasteiger partial charge in [0, 0.05) is 18.9 Å². The Balaban J connectivity index is 1.69. The van der Waals surface area contributed by atoms with E-state index in [-0.39, 0.29) is 23.7 Å². The summed E-state index contributed by atoms with van der Waals surface area (Å²) in [5.41, 5.74) is 0.929. The van der Waals surface area contributed by atoms with Gasteiger partial charge in [-0.25, -0.2) is 0 Å². The molecule has 5 nitrogen and oxygen atoms in total. The lowest BCUT2D eigenvalue weighted by atomic mass is 9.58. The molecule has 2 bridgehead atoms. The molecule has 0 unspecified atom stereocenters. The van der Waals surface area contributed by atoms with Gasteiger partial charge in [-0.15, -0.1) is 0 Å². The molecule has 1 aromatic heterocycles. The maximum absolute atomic E-state index is 12.5. The first-order valence-electron chi connectivity index (χ1n) is 7.56. The fourth-order valence-corrected chi connectivity index (χ4v) is 3.99. The molecule has 0 spiro atoms. The number of aromatic nitrogens is 1. The number of fused-ring (bicyclic) bond motifs is 3. The second-order valence-electron chi connectivity index (χ2n) is 6.14. The molecular formula is C16H20N2O3. The van der Waals surface area contributed by atoms with Crippen LogP contribution in [0.1, 0.15) is 31.2 Å². The summed E-state index contributed by atoms with van der Waals surface area (Å²) in [4.78, 5) is 28.0. The quantitative estimate of drug-likeness (QED) is 0.886. The Hall–Kier alpha value is -1.91. The normalized spacial score (nSPS) is 30.9. The molecule has 0 aliphatic heterocycles. The van der Waals surface area contributed by atoms with Crippen LogP contribution >= 0.6 is 0 Å². The first-order valence-corrected chi connectivity index (χ1v) is 7.56. The summed E-state index contributed by atoms with van der Waals surface area (Å²) in [6.45, 7) is 0.410. The van der Waals surface area contributed by atoms with E-state index >= 15 is 0 Å². The highest BCUT2D eigenvalue weighted by atomic mass is 16.4. The summed E-state index contributed by atoms with van der Waals surface area (Å²) in [6, 6.07) is 3.72. The van der Waals surface area contributed by atoms with Crippen LogP contribution in [0.2, 0.25) is 0 Å². The highest BCUT2D eigenvalue weighted by Gasteiger charge is 2.50. The predicted molar refractivity (Wildman–Crippen MR) is 76.1 cm³/mol. The lowest BCUT2D eigenvalue weighted by Gasteiger charge is -2.45. The minimum Gasteiger partial charge on any atom is -0.481 e. The first-order chi connectivity index (χ1) is 10.2. The Kier molecular flexibility index (Phi) is 3.90. The number of carboxylic acid groups (broad SMARTS) is 1. The van der Waals surface area contributed by atoms with Gasteiger partial charge in [0.15, 0.2) is 0 Å². The molecular weight excluding hydrogens is 268 g/mol. The Bertz CT molecular complexity index is 524. The van der Waals surface area contributed by atoms with Crippen molar-refractivity contribution >= 4 is 11.9 Å². The summed E-state index contributed by atoms with van der Waals surface area (Å²) in [7, 11) is 0. The van der Waals surface area contributed by atoms with Crippen molar-refractivity contribution in [1.29, 1.82) is 0 Å². The second-order valence-corrected chi connectivity index (χ2v) is 6.14. The van der Waals surface area contributed by atoms with E-state index in [2.05, 4.69) is 10.3 Å². The summed E-state index contributed by atoms with van der Waals surface area (Å²) < 4.78 is 0. The molecule has 3 aliphatic rings. The molecule has 112 valence electrons. The van der Waals surface area contributed by atoms with Crippen molar-refractivity contribution in [3.8, 4) is 0 Å². The van der Waals surface area contributed by atoms with Crippen LogP contribution < -0.4 is 5.32 Å². The van der Waals surface area contributed by atoms with E-state index in [9.17, 15) is 14.7 Å². The number of pyridine rings is 1. The zero-order valence-corrected chi connectivity index (χ0v) is 11.9. The Morgan fingerprint density at radius 1 is 1.19 bits per heavy atom. The van der Waals surface area contributed by atoms with E-state index < -0.39 is 11.9 Å². The molecule has 1 heterocycles. The summed E-state index contributed by atoms with van der Waals surface area (Å²) in [6.07, 6.45) is 7.27. The van der Waals surface area contributed by atoms with E-state index in [1.54, 1.807) is 12.4 Å². The number of nitrogens with one attached hydrogen (secondary N) is 1. The van der Waals surface area contributed by atoms with Crippen molar-refractivity contribution in [2.45, 2.75) is 32.2 Å². The topological polar surface area (TPSA) is 79.3 Å². The highest BCUT2D eigenvalue weighted by molar-refractivity contribution is 5.85. The molecule has 2 N–H and O–H groups in total. The maximum Gasteiger partial charge on any atom is 0.307 e. The SMILES string of the molecule is O=C(O)[C@H]1C2CCC(CC2)[C@@H]1C(=O)NCc1cccnc1. The second kappa shape index (κ2) is 5.84. The maximum atomic E-state index is 12.5. The van der Waals surface area contributed by atoms with Crippen LogP contribution in [0.25, 0.3) is 0 Å². The van der Waals surface area contributed by atoms with Crippen molar-refractivity contribution in [1.82, 2.24) is 10.3 Å². The van der Waals surface area contributed by atoms with E-state index in [0.29, 0.717) is 6.54 Å². The molecule has 3 saturated carbocycles. The first kappa shape index (κ1) is 14.0. The number of amides is 1. The van der Waals surface area contributed by atoms with Crippen LogP contribution in [0, 0.1) is 23.7 Å². The average Bonchev–Trinajstić information content (AvgIpc) is 2.53. The average molecular weight is 288 g/mol. The summed E-state index contributed by atoms with van der Waals surface area (Å²) in [5, 5.41) is 12.4. The summed E-state index contributed by atoms with van der Waals surface area (Å²) >= 11 is 0. The number of rotatable bonds is 4. The van der Waals surface area contributed by atoms with Gasteiger partial charge < -0.3 is 10.4 Å². The number of nitrogens with zero attached hydrogens (tertiary/aromatic N) is 1. The van der Waals surface area contributed by atoms with Crippen LogP contribution in [0.15, 0.2) is 24.5 Å². The zero-order valence-electron chi connectivity index (χ0n) is 11.9. The van der Waals surface area contributed by atoms with Crippen molar-refractivity contribution in [3.05, 3.63) is 30.1 Å². The molecule has 2 atom stereocenters. The monoisotopic (exact) mass is 288 g/mol. The molecule has 1 aromatic rings. The van der Waals surface area contributed by atoms with Crippen molar-refractivity contribution < 1.29 is 14.7 Å². The smallest absolute Gasteiger partial charge is 0.307 e. The van der Waals surface area contributed by atoms with E-state index in [1.165, 1.54) is 0 Å². The molecule has 3 fully saturated rings. The predicted octanol–water partition coefficient (Wildman–Crippen LogP) is 1.83. The Labute approximate surface area is 123 Å². The molecule has 1 amide bonds. The minimum absolute atomic E-state index is 0.111. The zero-order chi connectivity index (χ0) is 14.8. The van der Waals surface area contributed by atoms with Gasteiger partial charge in [0.25, 0.3) is 0 Å². The van der Waals surface area contributed by atoms with Gasteiger partial charge in [-0.2, -0.15) is 0 Å². The van der Waals surface area contributed by atoms with Crippen LogP contribution in [-0.2, 0) is 16.1 Å². The highest BCUT2D eigenvalue weighted by Crippen LogP contribution is 2.49. The van der Waals surface area contributed by atoms with Crippen LogP contribution in [0.4, 0.5) is 0 Å². The molecule has 0 saturated heterocycles. The molecule has 0 radical (unpaired) electrons. The fourth-order valence-electron chi connectivity index (χ4n) is 3.99. The fraction of sp³-hybridized carbons (Fsp3) is 0.562. The standard InChI is InChI=1S/C16H20N2O3/c19-15(18-9-10-2-1-7-17-8-10)13-11-3-5-12(6-4-11)14(13)16(20)21/h1-2,7-8,11-14H,3-6,9H2,(H,18,19)(H,20,21)/t11?,12?,13-,14-/m0/s1. The third-order valence-electron chi connectivity index (χ3n) is 5.00. The van der Waals surface area contributed by atoms with Gasteiger partial charge in [0.1, 0.15) is 0 Å². The summed E-state index contributed by atoms with van der Waals surface area (Å²) in [5.74, 6) is -1.41. The molecule has 21 heavy (non-hydrogen) atoms. The minimum atomic E-state index is -0.814. The van der Waals surface area contributed by atoms with Crippen molar-refractivity contribution in [2.24, 2.45) is 23.7 Å². The molecule has 3 aliphatic carbocycles. The van der Waals surface area contributed by atoms with Gasteiger partial charge in [0.05, 0.1) is 11.8 Å². The third-order valence-corrected chi connectivity index (χ3v) is 5.00. The van der Waals surface area contributed by atoms with Crippen molar-refractivity contribution in [2.75, 3.05) is 0 Å². The van der Waals surface area contributed by atoms with E-state index in [4.69, 9.17) is 0 Å². The number of carboxylic acids is 1. The molecule has 4 rings (SSSR count). The number of aliphatic carboxylic acids is 1. The molecule has 0 aromatic carbocycles. The number of carbonyl (C=O) groups is 2. The number of hydrogen-bond donors (Lipinski definition) is 2. The van der Waals surface area contributed by atoms with Gasteiger partial charge in [-0.05, 0) is 49.1 Å². The van der Waals surface area contributed by atoms with Gasteiger partial charge in [-0.3, -0.25) is 14.6 Å². The van der Waals surface area contributed by atoms with Crippen LogP contribution in [0.5, 0.6) is 0 Å². The lowest BCUT2D eigenvalue weighted by Crippen LogP contribution is -2.50. The van der Waals surface area contributed by atoms with E-state index in [0.717, 1.165) is 31.2 Å². The number of carbonyl (C=O) groups excluding carboxylic acids is 1. The number of hydrogen-bond acceptors (Lipinski definition) is 3. The van der Waals surface area contributed by atoms with Crippen LogP contribution in [-0.4, -0.2) is 22.0 Å². The van der Waals surface area contributed by atoms with E-state index in [1.807, 2.05) is 12.1 Å². The van der Waals surface area contributed by atoms with Gasteiger partial charge >= 0.3 is 5.97 Å². The molecule has 5 heteroatoms. The Morgan fingerprint density at radius 2 is 1.86 bits per heavy atom. The largest absolute Gasteiger partial charge is 0.481 e. The lowest BCUT2D eigenvalue weighted by molar-refractivity contribution is -0.158. The van der Waals surface area contributed by atoms with Crippen molar-refractivity contribution in [3.63, 3.8) is 0 Å². The Morgan fingerprint density at radius 3 is 2.43 bits per heavy atom. The van der Waals surface area contributed by atoms with Gasteiger partial charge in [0.2, 0.25) is 5.91 Å². The third kappa shape index (κ3) is 2.77. The van der Waals surface area contributed by atoms with Crippen LogP contribution in [0.3, 0.4) is 0 Å².